The van der Waals surface area contributed by atoms with Crippen molar-refractivity contribution in [3.63, 3.8) is 0 Å². The van der Waals surface area contributed by atoms with E-state index in [-0.39, 0.29) is 12.0 Å². The minimum absolute atomic E-state index is 0.228. The van der Waals surface area contributed by atoms with Crippen molar-refractivity contribution >= 4 is 10.9 Å². The number of nitrogens with zero attached hydrogens (tertiary/aromatic N) is 4. The fourth-order valence-corrected chi connectivity index (χ4v) is 3.89. The molecule has 3 aromatic rings. The maximum absolute atomic E-state index is 10.6. The van der Waals surface area contributed by atoms with E-state index in [2.05, 4.69) is 45.8 Å². The summed E-state index contributed by atoms with van der Waals surface area (Å²) in [4.78, 5) is 15.6. The van der Waals surface area contributed by atoms with Crippen molar-refractivity contribution in [1.29, 1.82) is 0 Å². The minimum atomic E-state index is -0.312. The van der Waals surface area contributed by atoms with Crippen molar-refractivity contribution in [3.05, 3.63) is 65.9 Å². The number of β-amino-alcohol motifs (C(OH)–C–C–N with tert-alkyl or cyclic N) is 1. The van der Waals surface area contributed by atoms with Crippen molar-refractivity contribution in [2.75, 3.05) is 13.1 Å². The van der Waals surface area contributed by atoms with Crippen LogP contribution in [0.3, 0.4) is 0 Å². The molecule has 0 radical (unpaired) electrons. The highest BCUT2D eigenvalue weighted by Gasteiger charge is 2.31. The van der Waals surface area contributed by atoms with Crippen LogP contribution in [-0.2, 0) is 13.0 Å². The predicted octanol–water partition coefficient (Wildman–Crippen LogP) is 3.18. The maximum atomic E-state index is 10.6. The highest BCUT2D eigenvalue weighted by atomic mass is 16.3. The summed E-state index contributed by atoms with van der Waals surface area (Å²) < 4.78 is 0. The number of likely N-dealkylation sites (tertiary alicyclic amines) is 1. The summed E-state index contributed by atoms with van der Waals surface area (Å²) in [6.07, 6.45) is 6.25. The molecule has 1 fully saturated rings. The van der Waals surface area contributed by atoms with Crippen molar-refractivity contribution in [1.82, 2.24) is 19.9 Å². The lowest BCUT2D eigenvalue weighted by Crippen LogP contribution is -2.21. The van der Waals surface area contributed by atoms with Crippen LogP contribution in [-0.4, -0.2) is 44.2 Å². The molecule has 0 spiro atoms. The second-order valence-electron chi connectivity index (χ2n) is 7.82. The van der Waals surface area contributed by atoms with Crippen LogP contribution in [0, 0.1) is 5.92 Å². The first kappa shape index (κ1) is 18.0. The van der Waals surface area contributed by atoms with Crippen LogP contribution in [0.2, 0.25) is 0 Å². The summed E-state index contributed by atoms with van der Waals surface area (Å²) in [6.45, 7) is 6.55. The molecule has 0 bridgehead atoms. The van der Waals surface area contributed by atoms with Gasteiger partial charge >= 0.3 is 0 Å². The Balaban J connectivity index is 1.43. The first-order valence-corrected chi connectivity index (χ1v) is 9.64. The third-order valence-corrected chi connectivity index (χ3v) is 5.35. The fraction of sp³-hybridized carbons (Fsp3) is 0.409. The zero-order valence-corrected chi connectivity index (χ0v) is 15.9. The molecule has 4 rings (SSSR count). The normalized spacial score (nSPS) is 20.6. The number of fused-ring (bicyclic) bond motifs is 1. The molecule has 1 aliphatic rings. The van der Waals surface area contributed by atoms with Gasteiger partial charge in [-0.3, -0.25) is 9.88 Å². The first-order valence-electron chi connectivity index (χ1n) is 9.64. The zero-order chi connectivity index (χ0) is 18.8. The van der Waals surface area contributed by atoms with E-state index in [9.17, 15) is 5.11 Å². The second kappa shape index (κ2) is 7.71. The molecule has 5 heteroatoms. The molecule has 1 N–H and O–H groups in total. The molecular formula is C22H26N4O. The van der Waals surface area contributed by atoms with E-state index in [1.54, 1.807) is 0 Å². The van der Waals surface area contributed by atoms with Crippen LogP contribution in [0.5, 0.6) is 0 Å². The van der Waals surface area contributed by atoms with Crippen LogP contribution < -0.4 is 0 Å². The minimum Gasteiger partial charge on any atom is -0.391 e. The van der Waals surface area contributed by atoms with Gasteiger partial charge in [-0.25, -0.2) is 9.97 Å². The summed E-state index contributed by atoms with van der Waals surface area (Å²) in [5.74, 6) is 1.45. The monoisotopic (exact) mass is 362 g/mol. The molecule has 0 aliphatic carbocycles. The molecule has 2 atom stereocenters. The lowest BCUT2D eigenvalue weighted by Gasteiger charge is -2.16. The standard InChI is InChI=1S/C22H26N4O/c1-15(2)22-24-10-16(11-25-22)12-26-13-18(21(27)14-26)9-17-7-8-23-20-6-4-3-5-19(17)20/h3-8,10-11,15,18,21,27H,9,12-14H2,1-2H3/t18-,21-/m1/s1. The second-order valence-corrected chi connectivity index (χ2v) is 7.82. The van der Waals surface area contributed by atoms with Crippen LogP contribution in [0.25, 0.3) is 10.9 Å². The molecule has 5 nitrogen and oxygen atoms in total. The van der Waals surface area contributed by atoms with E-state index in [0.29, 0.717) is 12.5 Å². The molecule has 0 unspecified atom stereocenters. The lowest BCUT2D eigenvalue weighted by molar-refractivity contribution is 0.141. The van der Waals surface area contributed by atoms with E-state index in [1.165, 1.54) is 10.9 Å². The number of hydrogen-bond donors (Lipinski definition) is 1. The third kappa shape index (κ3) is 3.99. The van der Waals surface area contributed by atoms with E-state index in [1.807, 2.05) is 36.8 Å². The number of aliphatic hydroxyl groups excluding tert-OH is 1. The molecule has 1 aromatic carbocycles. The number of benzene rings is 1. The Hall–Kier alpha value is -2.37. The molecular weight excluding hydrogens is 336 g/mol. The van der Waals surface area contributed by atoms with E-state index in [4.69, 9.17) is 0 Å². The highest BCUT2D eigenvalue weighted by Crippen LogP contribution is 2.26. The average molecular weight is 362 g/mol. The molecule has 1 saturated heterocycles. The van der Waals surface area contributed by atoms with Crippen LogP contribution in [0.15, 0.2) is 48.9 Å². The number of hydrogen-bond acceptors (Lipinski definition) is 5. The number of para-hydroxylation sites is 1. The number of rotatable bonds is 5. The van der Waals surface area contributed by atoms with Gasteiger partial charge in [-0.15, -0.1) is 0 Å². The van der Waals surface area contributed by atoms with Gasteiger partial charge in [0, 0.05) is 61.0 Å². The summed E-state index contributed by atoms with van der Waals surface area (Å²) >= 11 is 0. The van der Waals surface area contributed by atoms with Crippen LogP contribution in [0.4, 0.5) is 0 Å². The molecule has 140 valence electrons. The van der Waals surface area contributed by atoms with Gasteiger partial charge in [0.05, 0.1) is 11.6 Å². The smallest absolute Gasteiger partial charge is 0.130 e. The molecule has 3 heterocycles. The molecule has 0 saturated carbocycles. The van der Waals surface area contributed by atoms with E-state index < -0.39 is 0 Å². The Labute approximate surface area is 160 Å². The van der Waals surface area contributed by atoms with Gasteiger partial charge in [-0.1, -0.05) is 32.0 Å². The van der Waals surface area contributed by atoms with Crippen molar-refractivity contribution in [2.24, 2.45) is 5.92 Å². The van der Waals surface area contributed by atoms with Gasteiger partial charge in [0.2, 0.25) is 0 Å². The quantitative estimate of drug-likeness (QED) is 0.755. The van der Waals surface area contributed by atoms with Gasteiger partial charge in [-0.2, -0.15) is 0 Å². The van der Waals surface area contributed by atoms with Gasteiger partial charge in [-0.05, 0) is 24.1 Å². The molecule has 2 aromatic heterocycles. The van der Waals surface area contributed by atoms with Crippen molar-refractivity contribution in [2.45, 2.75) is 38.8 Å². The SMILES string of the molecule is CC(C)c1ncc(CN2C[C@@H](Cc3ccnc4ccccc34)[C@H](O)C2)cn1. The van der Waals surface area contributed by atoms with Crippen molar-refractivity contribution < 1.29 is 5.11 Å². The molecule has 27 heavy (non-hydrogen) atoms. The summed E-state index contributed by atoms with van der Waals surface area (Å²) in [5, 5.41) is 11.8. The summed E-state index contributed by atoms with van der Waals surface area (Å²) in [5.41, 5.74) is 3.37. The van der Waals surface area contributed by atoms with Crippen LogP contribution >= 0.6 is 0 Å². The van der Waals surface area contributed by atoms with E-state index in [0.717, 1.165) is 36.4 Å². The summed E-state index contributed by atoms with van der Waals surface area (Å²) in [6, 6.07) is 10.3. The molecule has 1 aliphatic heterocycles. The van der Waals surface area contributed by atoms with Gasteiger partial charge < -0.3 is 5.11 Å². The summed E-state index contributed by atoms with van der Waals surface area (Å²) in [7, 11) is 0. The largest absolute Gasteiger partial charge is 0.391 e. The number of pyridine rings is 1. The Morgan fingerprint density at radius 1 is 1.07 bits per heavy atom. The lowest BCUT2D eigenvalue weighted by atomic mass is 9.94. The maximum Gasteiger partial charge on any atom is 0.130 e. The Bertz CT molecular complexity index is 904. The Kier molecular flexibility index (Phi) is 5.14. The fourth-order valence-electron chi connectivity index (χ4n) is 3.89. The van der Waals surface area contributed by atoms with Crippen LogP contribution in [0.1, 0.15) is 36.7 Å². The third-order valence-electron chi connectivity index (χ3n) is 5.35. The number of aliphatic hydroxyl groups is 1. The van der Waals surface area contributed by atoms with Crippen molar-refractivity contribution in [3.8, 4) is 0 Å². The predicted molar refractivity (Wildman–Crippen MR) is 106 cm³/mol. The zero-order valence-electron chi connectivity index (χ0n) is 15.9. The van der Waals surface area contributed by atoms with E-state index >= 15 is 0 Å². The Morgan fingerprint density at radius 3 is 2.63 bits per heavy atom. The van der Waals surface area contributed by atoms with Gasteiger partial charge in [0.25, 0.3) is 0 Å². The first-order chi connectivity index (χ1) is 13.1. The number of aromatic nitrogens is 3. The Morgan fingerprint density at radius 2 is 1.85 bits per heavy atom. The van der Waals surface area contributed by atoms with Gasteiger partial charge in [0.1, 0.15) is 5.82 Å². The molecule has 0 amide bonds. The highest BCUT2D eigenvalue weighted by molar-refractivity contribution is 5.81. The average Bonchev–Trinajstić information content (AvgIpc) is 3.01. The topological polar surface area (TPSA) is 62.1 Å². The van der Waals surface area contributed by atoms with Gasteiger partial charge in [0.15, 0.2) is 0 Å².